The van der Waals surface area contributed by atoms with Crippen molar-refractivity contribution >= 4 is 23.1 Å². The molecular weight excluding hydrogens is 178 g/mol. The van der Waals surface area contributed by atoms with E-state index < -0.39 is 0 Å². The summed E-state index contributed by atoms with van der Waals surface area (Å²) in [7, 11) is 0. The number of benzene rings is 1. The lowest BCUT2D eigenvalue weighted by molar-refractivity contribution is 0.734. The average molecular weight is 191 g/mol. The van der Waals surface area contributed by atoms with Crippen LogP contribution in [-0.4, -0.2) is 5.16 Å². The van der Waals surface area contributed by atoms with Crippen LogP contribution >= 0.6 is 12.2 Å². The number of aliphatic imine (C=N–C) groups is 1. The van der Waals surface area contributed by atoms with Crippen LogP contribution in [0.5, 0.6) is 0 Å². The van der Waals surface area contributed by atoms with E-state index in [1.807, 2.05) is 12.1 Å². The molecule has 0 fully saturated rings. The van der Waals surface area contributed by atoms with Gasteiger partial charge < -0.3 is 0 Å². The van der Waals surface area contributed by atoms with E-state index >= 15 is 0 Å². The first-order valence-corrected chi connectivity index (χ1v) is 4.86. The van der Waals surface area contributed by atoms with E-state index in [2.05, 4.69) is 48.4 Å². The van der Waals surface area contributed by atoms with Crippen molar-refractivity contribution in [1.82, 2.24) is 0 Å². The van der Waals surface area contributed by atoms with Crippen LogP contribution in [0.2, 0.25) is 0 Å². The van der Waals surface area contributed by atoms with Crippen LogP contribution in [-0.2, 0) is 0 Å². The third-order valence-corrected chi connectivity index (χ3v) is 2.34. The number of thiocarbonyl (C=S) groups is 1. The number of nitrogens with zero attached hydrogens (tertiary/aromatic N) is 1. The van der Waals surface area contributed by atoms with Crippen LogP contribution in [0.1, 0.15) is 31.7 Å². The number of hydrogen-bond acceptors (Lipinski definition) is 2. The molecule has 13 heavy (non-hydrogen) atoms. The molecule has 0 spiro atoms. The smallest absolute Gasteiger partial charge is 0.0739 e. The van der Waals surface area contributed by atoms with E-state index in [1.54, 1.807) is 0 Å². The fraction of sp³-hybridized carbons (Fsp3) is 0.364. The maximum absolute atomic E-state index is 4.52. The van der Waals surface area contributed by atoms with Gasteiger partial charge in [-0.25, -0.2) is 0 Å². The molecule has 0 amide bonds. The van der Waals surface area contributed by atoms with Gasteiger partial charge >= 0.3 is 0 Å². The lowest BCUT2D eigenvalue weighted by atomic mass is 9.99. The highest BCUT2D eigenvalue weighted by molar-refractivity contribution is 7.78. The molecular formula is C11H13NS. The topological polar surface area (TPSA) is 12.4 Å². The molecule has 1 nitrogen and oxygen atoms in total. The maximum atomic E-state index is 4.52. The molecule has 0 aromatic heterocycles. The molecule has 0 heterocycles. The molecule has 0 aliphatic carbocycles. The van der Waals surface area contributed by atoms with Crippen LogP contribution in [0.4, 0.5) is 5.69 Å². The largest absolute Gasteiger partial charge is 0.195 e. The van der Waals surface area contributed by atoms with Crippen LogP contribution in [0, 0.1) is 0 Å². The minimum atomic E-state index is 0.616. The van der Waals surface area contributed by atoms with Gasteiger partial charge in [-0.05, 0) is 42.3 Å². The van der Waals surface area contributed by atoms with Gasteiger partial charge in [-0.2, -0.15) is 4.99 Å². The van der Waals surface area contributed by atoms with Crippen molar-refractivity contribution in [3.8, 4) is 0 Å². The zero-order valence-electron chi connectivity index (χ0n) is 7.95. The van der Waals surface area contributed by atoms with E-state index in [0.717, 1.165) is 12.1 Å². The van der Waals surface area contributed by atoms with Gasteiger partial charge in [-0.1, -0.05) is 26.0 Å². The Hall–Kier alpha value is -0.980. The molecule has 1 aromatic rings. The molecule has 0 bridgehead atoms. The zero-order valence-corrected chi connectivity index (χ0v) is 8.77. The Morgan fingerprint density at radius 2 is 2.00 bits per heavy atom. The first-order chi connectivity index (χ1) is 6.27. The molecule has 1 rings (SSSR count). The van der Waals surface area contributed by atoms with E-state index in [4.69, 9.17) is 0 Å². The Balaban J connectivity index is 2.86. The summed E-state index contributed by atoms with van der Waals surface area (Å²) in [5.41, 5.74) is 2.23. The number of hydrogen-bond donors (Lipinski definition) is 0. The Bertz CT molecular complexity index is 309. The Kier molecular flexibility index (Phi) is 3.81. The van der Waals surface area contributed by atoms with Crippen molar-refractivity contribution < 1.29 is 0 Å². The quantitative estimate of drug-likeness (QED) is 0.521. The Labute approximate surface area is 84.5 Å². The Morgan fingerprint density at radius 1 is 1.38 bits per heavy atom. The van der Waals surface area contributed by atoms with Crippen molar-refractivity contribution in [3.05, 3.63) is 29.8 Å². The van der Waals surface area contributed by atoms with Crippen LogP contribution in [0.15, 0.2) is 29.3 Å². The van der Waals surface area contributed by atoms with Crippen molar-refractivity contribution in [1.29, 1.82) is 0 Å². The van der Waals surface area contributed by atoms with Gasteiger partial charge in [0, 0.05) is 0 Å². The van der Waals surface area contributed by atoms with E-state index in [1.165, 1.54) is 5.56 Å². The zero-order chi connectivity index (χ0) is 9.68. The lowest BCUT2D eigenvalue weighted by Gasteiger charge is -2.07. The lowest BCUT2D eigenvalue weighted by Crippen LogP contribution is -1.89. The second kappa shape index (κ2) is 4.90. The minimum Gasteiger partial charge on any atom is -0.195 e. The molecule has 0 radical (unpaired) electrons. The van der Waals surface area contributed by atoms with Gasteiger partial charge in [-0.3, -0.25) is 0 Å². The molecule has 0 unspecified atom stereocenters. The molecule has 2 heteroatoms. The van der Waals surface area contributed by atoms with Crippen molar-refractivity contribution in [2.45, 2.75) is 26.2 Å². The molecule has 0 N–H and O–H groups in total. The fourth-order valence-corrected chi connectivity index (χ4v) is 1.27. The highest BCUT2D eigenvalue weighted by Crippen LogP contribution is 2.21. The predicted octanol–water partition coefficient (Wildman–Crippen LogP) is 3.93. The number of isothiocyanates is 1. The summed E-state index contributed by atoms with van der Waals surface area (Å²) in [6, 6.07) is 8.14. The highest BCUT2D eigenvalue weighted by atomic mass is 32.1. The predicted molar refractivity (Wildman–Crippen MR) is 59.8 cm³/mol. The second-order valence-electron chi connectivity index (χ2n) is 3.10. The second-order valence-corrected chi connectivity index (χ2v) is 3.29. The molecule has 68 valence electrons. The van der Waals surface area contributed by atoms with Gasteiger partial charge in [0.1, 0.15) is 0 Å². The SMILES string of the molecule is CC[C@H](C)c1ccc(N=C=S)cc1. The molecule has 0 saturated heterocycles. The van der Waals surface area contributed by atoms with E-state index in [0.29, 0.717) is 5.92 Å². The summed E-state index contributed by atoms with van der Waals surface area (Å²) in [6.45, 7) is 4.41. The molecule has 1 atom stereocenters. The average Bonchev–Trinajstić information content (AvgIpc) is 2.18. The number of rotatable bonds is 3. The maximum Gasteiger partial charge on any atom is 0.0739 e. The Morgan fingerprint density at radius 3 is 2.46 bits per heavy atom. The monoisotopic (exact) mass is 191 g/mol. The summed E-state index contributed by atoms with van der Waals surface area (Å²) >= 11 is 4.52. The van der Waals surface area contributed by atoms with Gasteiger partial charge in [0.25, 0.3) is 0 Å². The molecule has 0 saturated carbocycles. The van der Waals surface area contributed by atoms with Crippen LogP contribution < -0.4 is 0 Å². The third kappa shape index (κ3) is 2.76. The van der Waals surface area contributed by atoms with Crippen LogP contribution in [0.25, 0.3) is 0 Å². The summed E-state index contributed by atoms with van der Waals surface area (Å²) < 4.78 is 0. The van der Waals surface area contributed by atoms with Crippen molar-refractivity contribution in [2.24, 2.45) is 4.99 Å². The van der Waals surface area contributed by atoms with Gasteiger partial charge in [0.05, 0.1) is 10.8 Å². The first kappa shape index (κ1) is 10.1. The normalized spacial score (nSPS) is 11.8. The molecule has 1 aromatic carbocycles. The van der Waals surface area contributed by atoms with Crippen molar-refractivity contribution in [3.63, 3.8) is 0 Å². The van der Waals surface area contributed by atoms with Gasteiger partial charge in [0.2, 0.25) is 0 Å². The summed E-state index contributed by atoms with van der Waals surface area (Å²) in [5, 5.41) is 2.35. The first-order valence-electron chi connectivity index (χ1n) is 4.45. The summed E-state index contributed by atoms with van der Waals surface area (Å²) in [6.07, 6.45) is 1.16. The summed E-state index contributed by atoms with van der Waals surface area (Å²) in [4.78, 5) is 3.90. The van der Waals surface area contributed by atoms with E-state index in [-0.39, 0.29) is 0 Å². The summed E-state index contributed by atoms with van der Waals surface area (Å²) in [5.74, 6) is 0.616. The standard InChI is InChI=1S/C11H13NS/c1-3-9(2)10-4-6-11(7-5-10)12-8-13/h4-7,9H,3H2,1-2H3/t9-/m0/s1. The van der Waals surface area contributed by atoms with E-state index in [9.17, 15) is 0 Å². The molecule has 0 aliphatic heterocycles. The molecule has 0 aliphatic rings. The van der Waals surface area contributed by atoms with Crippen LogP contribution in [0.3, 0.4) is 0 Å². The van der Waals surface area contributed by atoms with Gasteiger partial charge in [-0.15, -0.1) is 0 Å². The van der Waals surface area contributed by atoms with Gasteiger partial charge in [0.15, 0.2) is 0 Å². The highest BCUT2D eigenvalue weighted by Gasteiger charge is 2.01. The minimum absolute atomic E-state index is 0.616. The van der Waals surface area contributed by atoms with Crippen molar-refractivity contribution in [2.75, 3.05) is 0 Å². The third-order valence-electron chi connectivity index (χ3n) is 2.25. The fourth-order valence-electron chi connectivity index (χ4n) is 1.17.